The van der Waals surface area contributed by atoms with Crippen molar-refractivity contribution in [3.8, 4) is 0 Å². The third-order valence-electron chi connectivity index (χ3n) is 0.879. The van der Waals surface area contributed by atoms with Crippen molar-refractivity contribution in [1.29, 1.82) is 0 Å². The van der Waals surface area contributed by atoms with E-state index < -0.39 is 0 Å². The second kappa shape index (κ2) is 1.82. The number of allylic oxidation sites excluding steroid dienone is 2. The van der Waals surface area contributed by atoms with Crippen LogP contribution < -0.4 is 0 Å². The molecule has 1 aliphatic heterocycles. The molecular formula is C6H8O. The molecule has 0 aromatic carbocycles. The molecule has 0 bridgehead atoms. The summed E-state index contributed by atoms with van der Waals surface area (Å²) in [5, 5.41) is 0. The molecule has 0 spiro atoms. The van der Waals surface area contributed by atoms with Crippen molar-refractivity contribution >= 4 is 0 Å². The molecule has 1 nitrogen and oxygen atoms in total. The van der Waals surface area contributed by atoms with Crippen molar-refractivity contribution < 1.29 is 4.74 Å². The van der Waals surface area contributed by atoms with Crippen LogP contribution in [0, 0.1) is 0 Å². The maximum atomic E-state index is 4.75. The van der Waals surface area contributed by atoms with Crippen LogP contribution in [-0.2, 0) is 4.74 Å². The Labute approximate surface area is 43.3 Å². The third-order valence-corrected chi connectivity index (χ3v) is 0.879. The Morgan fingerprint density at radius 2 is 2.57 bits per heavy atom. The summed E-state index contributed by atoms with van der Waals surface area (Å²) in [7, 11) is 0. The zero-order valence-corrected chi connectivity index (χ0v) is 4.18. The zero-order valence-electron chi connectivity index (χ0n) is 4.18. The van der Waals surface area contributed by atoms with E-state index in [1.165, 1.54) is 0 Å². The standard InChI is InChI=1S/C6H8O/c1-2-3-4-6-5-7-6/h2,5H,1,3-4H2. The van der Waals surface area contributed by atoms with E-state index in [-0.39, 0.29) is 0 Å². The fourth-order valence-electron chi connectivity index (χ4n) is 0.404. The Morgan fingerprint density at radius 3 is 3.00 bits per heavy atom. The fraction of sp³-hybridized carbons (Fsp3) is 0.333. The lowest BCUT2D eigenvalue weighted by molar-refractivity contribution is 0.483. The molecule has 0 fully saturated rings. The summed E-state index contributed by atoms with van der Waals surface area (Å²) in [4.78, 5) is 0. The minimum atomic E-state index is 1.03. The highest BCUT2D eigenvalue weighted by Crippen LogP contribution is 2.18. The lowest BCUT2D eigenvalue weighted by Crippen LogP contribution is -1.63. The van der Waals surface area contributed by atoms with Gasteiger partial charge in [-0.3, -0.25) is 0 Å². The third kappa shape index (κ3) is 1.44. The number of hydrogen-bond acceptors (Lipinski definition) is 1. The number of rotatable bonds is 3. The Bertz CT molecular complexity index is 103. The van der Waals surface area contributed by atoms with E-state index in [1.807, 2.05) is 6.08 Å². The molecule has 0 N–H and O–H groups in total. The average molecular weight is 96.1 g/mol. The van der Waals surface area contributed by atoms with Gasteiger partial charge in [0.25, 0.3) is 0 Å². The van der Waals surface area contributed by atoms with Gasteiger partial charge in [-0.15, -0.1) is 6.58 Å². The van der Waals surface area contributed by atoms with Crippen LogP contribution in [0.3, 0.4) is 0 Å². The van der Waals surface area contributed by atoms with E-state index in [9.17, 15) is 0 Å². The SMILES string of the molecule is C=CCCC1=CO1. The first-order valence-corrected chi connectivity index (χ1v) is 2.40. The fourth-order valence-corrected chi connectivity index (χ4v) is 0.404. The van der Waals surface area contributed by atoms with E-state index in [0.29, 0.717) is 0 Å². The molecule has 0 unspecified atom stereocenters. The zero-order chi connectivity index (χ0) is 5.11. The molecule has 1 aliphatic rings. The van der Waals surface area contributed by atoms with E-state index in [0.717, 1.165) is 18.6 Å². The predicted molar refractivity (Wildman–Crippen MR) is 28.6 cm³/mol. The summed E-state index contributed by atoms with van der Waals surface area (Å²) < 4.78 is 4.75. The second-order valence-electron chi connectivity index (χ2n) is 1.53. The molecule has 7 heavy (non-hydrogen) atoms. The van der Waals surface area contributed by atoms with Crippen LogP contribution in [0.2, 0.25) is 0 Å². The smallest absolute Gasteiger partial charge is 0.139 e. The highest BCUT2D eigenvalue weighted by Gasteiger charge is 2.05. The molecule has 0 aromatic heterocycles. The molecule has 1 rings (SSSR count). The molecule has 1 heteroatoms. The highest BCUT2D eigenvalue weighted by atomic mass is 16.5. The molecule has 0 saturated heterocycles. The largest absolute Gasteiger partial charge is 0.463 e. The van der Waals surface area contributed by atoms with Crippen LogP contribution in [0.1, 0.15) is 12.8 Å². The Balaban J connectivity index is 1.99. The maximum Gasteiger partial charge on any atom is 0.139 e. The molecule has 0 aromatic rings. The predicted octanol–water partition coefficient (Wildman–Crippen LogP) is 1.82. The van der Waals surface area contributed by atoms with E-state index in [2.05, 4.69) is 6.58 Å². The molecule has 0 atom stereocenters. The van der Waals surface area contributed by atoms with Crippen molar-refractivity contribution in [1.82, 2.24) is 0 Å². The van der Waals surface area contributed by atoms with Crippen LogP contribution >= 0.6 is 0 Å². The summed E-state index contributed by atoms with van der Waals surface area (Å²) in [6.07, 6.45) is 5.72. The monoisotopic (exact) mass is 96.1 g/mol. The summed E-state index contributed by atoms with van der Waals surface area (Å²) in [5.41, 5.74) is 0. The van der Waals surface area contributed by atoms with Gasteiger partial charge in [-0.05, 0) is 6.42 Å². The normalized spacial score (nSPS) is 14.6. The second-order valence-corrected chi connectivity index (χ2v) is 1.53. The van der Waals surface area contributed by atoms with E-state index in [1.54, 1.807) is 6.26 Å². The van der Waals surface area contributed by atoms with Crippen LogP contribution in [-0.4, -0.2) is 0 Å². The first-order chi connectivity index (χ1) is 3.43. The van der Waals surface area contributed by atoms with Crippen molar-refractivity contribution in [2.24, 2.45) is 0 Å². The van der Waals surface area contributed by atoms with Crippen molar-refractivity contribution in [3.63, 3.8) is 0 Å². The van der Waals surface area contributed by atoms with Crippen LogP contribution in [0.25, 0.3) is 0 Å². The molecular weight excluding hydrogens is 88.1 g/mol. The highest BCUT2D eigenvalue weighted by molar-refractivity contribution is 5.02. The van der Waals surface area contributed by atoms with E-state index in [4.69, 9.17) is 4.74 Å². The molecule has 0 radical (unpaired) electrons. The lowest BCUT2D eigenvalue weighted by atomic mass is 10.3. The number of ether oxygens (including phenoxy) is 1. The first kappa shape index (κ1) is 4.44. The van der Waals surface area contributed by atoms with E-state index >= 15 is 0 Å². The van der Waals surface area contributed by atoms with Gasteiger partial charge in [0, 0.05) is 6.42 Å². The molecule has 0 amide bonds. The van der Waals surface area contributed by atoms with Crippen molar-refractivity contribution in [3.05, 3.63) is 24.7 Å². The Morgan fingerprint density at radius 1 is 1.86 bits per heavy atom. The Kier molecular flexibility index (Phi) is 1.16. The minimum Gasteiger partial charge on any atom is -0.463 e. The quantitative estimate of drug-likeness (QED) is 0.488. The van der Waals surface area contributed by atoms with Gasteiger partial charge in [0.15, 0.2) is 0 Å². The van der Waals surface area contributed by atoms with Gasteiger partial charge in [0.1, 0.15) is 12.0 Å². The first-order valence-electron chi connectivity index (χ1n) is 2.40. The van der Waals surface area contributed by atoms with Gasteiger partial charge >= 0.3 is 0 Å². The van der Waals surface area contributed by atoms with Gasteiger partial charge in [-0.25, -0.2) is 0 Å². The van der Waals surface area contributed by atoms with Gasteiger partial charge in [-0.1, -0.05) is 6.08 Å². The van der Waals surface area contributed by atoms with Gasteiger partial charge in [-0.2, -0.15) is 0 Å². The Hall–Kier alpha value is -0.720. The van der Waals surface area contributed by atoms with Gasteiger partial charge < -0.3 is 4.74 Å². The summed E-state index contributed by atoms with van der Waals surface area (Å²) in [6.45, 7) is 3.58. The molecule has 38 valence electrons. The van der Waals surface area contributed by atoms with Crippen molar-refractivity contribution in [2.75, 3.05) is 0 Å². The van der Waals surface area contributed by atoms with Gasteiger partial charge in [0.05, 0.1) is 0 Å². The summed E-state index contributed by atoms with van der Waals surface area (Å²) >= 11 is 0. The topological polar surface area (TPSA) is 12.5 Å². The molecule has 0 aliphatic carbocycles. The number of hydrogen-bond donors (Lipinski definition) is 0. The summed E-state index contributed by atoms with van der Waals surface area (Å²) in [6, 6.07) is 0. The van der Waals surface area contributed by atoms with Crippen LogP contribution in [0.5, 0.6) is 0 Å². The lowest BCUT2D eigenvalue weighted by Gasteiger charge is -1.79. The molecule has 1 heterocycles. The van der Waals surface area contributed by atoms with Crippen LogP contribution in [0.4, 0.5) is 0 Å². The molecule has 0 saturated carbocycles. The minimum absolute atomic E-state index is 1.03. The summed E-state index contributed by atoms with van der Waals surface area (Å²) in [5.74, 6) is 1.11. The average Bonchev–Trinajstić information content (AvgIpc) is 2.42. The van der Waals surface area contributed by atoms with Crippen molar-refractivity contribution in [2.45, 2.75) is 12.8 Å². The maximum absolute atomic E-state index is 4.75. The van der Waals surface area contributed by atoms with Gasteiger partial charge in [0.2, 0.25) is 0 Å². The van der Waals surface area contributed by atoms with Crippen LogP contribution in [0.15, 0.2) is 24.7 Å².